The van der Waals surface area contributed by atoms with Crippen LogP contribution in [0.1, 0.15) is 12.0 Å². The summed E-state index contributed by atoms with van der Waals surface area (Å²) in [6, 6.07) is 15.2. The van der Waals surface area contributed by atoms with Crippen LogP contribution in [0.25, 0.3) is 0 Å². The number of nitrogen functional groups attached to an aromatic ring is 1. The molecule has 0 spiro atoms. The molecule has 1 aliphatic heterocycles. The number of halogens is 1. The quantitative estimate of drug-likeness (QED) is 0.566. The third-order valence-electron chi connectivity index (χ3n) is 4.92. The van der Waals surface area contributed by atoms with Gasteiger partial charge in [0.25, 0.3) is 0 Å². The zero-order valence-electron chi connectivity index (χ0n) is 16.0. The molecule has 1 aromatic heterocycles. The predicted octanol–water partition coefficient (Wildman–Crippen LogP) is 3.94. The molecule has 0 aliphatic carbocycles. The Labute approximate surface area is 175 Å². The van der Waals surface area contributed by atoms with Crippen LogP contribution in [-0.2, 0) is 22.4 Å². The van der Waals surface area contributed by atoms with Gasteiger partial charge in [-0.05, 0) is 48.4 Å². The van der Waals surface area contributed by atoms with E-state index in [0.29, 0.717) is 31.9 Å². The largest absolute Gasteiger partial charge is 0.491 e. The Balaban J connectivity index is 1.40. The summed E-state index contributed by atoms with van der Waals surface area (Å²) in [5.41, 5.74) is 7.62. The van der Waals surface area contributed by atoms with Crippen LogP contribution >= 0.6 is 11.6 Å². The number of rotatable bonds is 8. The minimum Gasteiger partial charge on any atom is -0.491 e. The molecular weight excluding hydrogens is 390 g/mol. The van der Waals surface area contributed by atoms with Gasteiger partial charge in [-0.3, -0.25) is 0 Å². The molecule has 4 rings (SSSR count). The Kier molecular flexibility index (Phi) is 6.04. The molecule has 7 heteroatoms. The van der Waals surface area contributed by atoms with E-state index in [1.807, 2.05) is 59.3 Å². The van der Waals surface area contributed by atoms with Gasteiger partial charge in [-0.2, -0.15) is 0 Å². The van der Waals surface area contributed by atoms with Crippen LogP contribution in [0.4, 0.5) is 5.69 Å². The predicted molar refractivity (Wildman–Crippen MR) is 112 cm³/mol. The van der Waals surface area contributed by atoms with Crippen molar-refractivity contribution in [1.82, 2.24) is 9.55 Å². The van der Waals surface area contributed by atoms with Crippen molar-refractivity contribution in [3.8, 4) is 5.75 Å². The Morgan fingerprint density at radius 1 is 1.17 bits per heavy atom. The third kappa shape index (κ3) is 5.29. The van der Waals surface area contributed by atoms with E-state index in [4.69, 9.17) is 31.5 Å². The van der Waals surface area contributed by atoms with Crippen LogP contribution in [-0.4, -0.2) is 34.7 Å². The molecular formula is C22H24ClN3O3. The summed E-state index contributed by atoms with van der Waals surface area (Å²) in [4.78, 5) is 4.13. The fraction of sp³-hybridized carbons (Fsp3) is 0.318. The fourth-order valence-corrected chi connectivity index (χ4v) is 3.52. The lowest BCUT2D eigenvalue weighted by molar-refractivity contribution is -0.184. The van der Waals surface area contributed by atoms with Gasteiger partial charge in [-0.1, -0.05) is 23.7 Å². The first-order valence-corrected chi connectivity index (χ1v) is 9.98. The molecule has 6 nitrogen and oxygen atoms in total. The van der Waals surface area contributed by atoms with E-state index in [2.05, 4.69) is 4.98 Å². The molecule has 29 heavy (non-hydrogen) atoms. The van der Waals surface area contributed by atoms with Gasteiger partial charge in [0.2, 0.25) is 0 Å². The Bertz CT molecular complexity index is 900. The number of anilines is 1. The number of ether oxygens (including phenoxy) is 3. The molecule has 2 aromatic carbocycles. The SMILES string of the molecule is Nc1ccc(OCC2COC(CCc3ccc(Cl)cc3)(Cn3ccnc3)O2)cc1. The first-order chi connectivity index (χ1) is 14.1. The van der Waals surface area contributed by atoms with Gasteiger partial charge in [0.05, 0.1) is 19.5 Å². The lowest BCUT2D eigenvalue weighted by atomic mass is 10.0. The monoisotopic (exact) mass is 413 g/mol. The second-order valence-electron chi connectivity index (χ2n) is 7.20. The molecule has 152 valence electrons. The minimum absolute atomic E-state index is 0.152. The molecule has 0 saturated carbocycles. The Hall–Kier alpha value is -2.54. The second kappa shape index (κ2) is 8.86. The smallest absolute Gasteiger partial charge is 0.187 e. The lowest BCUT2D eigenvalue weighted by Crippen LogP contribution is -2.37. The van der Waals surface area contributed by atoms with Crippen molar-refractivity contribution in [2.24, 2.45) is 0 Å². The van der Waals surface area contributed by atoms with Gasteiger partial charge in [0, 0.05) is 29.5 Å². The van der Waals surface area contributed by atoms with Gasteiger partial charge in [-0.25, -0.2) is 4.98 Å². The summed E-state index contributed by atoms with van der Waals surface area (Å²) in [6.45, 7) is 1.46. The van der Waals surface area contributed by atoms with Crippen molar-refractivity contribution in [2.45, 2.75) is 31.3 Å². The van der Waals surface area contributed by atoms with Gasteiger partial charge in [0.15, 0.2) is 5.79 Å². The number of imidazole rings is 1. The molecule has 0 amide bonds. The maximum absolute atomic E-state index is 6.37. The Morgan fingerprint density at radius 2 is 1.97 bits per heavy atom. The average Bonchev–Trinajstić information content (AvgIpc) is 3.38. The fourth-order valence-electron chi connectivity index (χ4n) is 3.39. The summed E-state index contributed by atoms with van der Waals surface area (Å²) in [5, 5.41) is 0.732. The molecule has 1 fully saturated rings. The number of nitrogens with two attached hydrogens (primary N) is 1. The maximum atomic E-state index is 6.37. The van der Waals surface area contributed by atoms with E-state index in [0.717, 1.165) is 17.2 Å². The molecule has 2 heterocycles. The summed E-state index contributed by atoms with van der Waals surface area (Å²) in [5.74, 6) is 0.0335. The molecule has 2 N–H and O–H groups in total. The number of aromatic nitrogens is 2. The van der Waals surface area contributed by atoms with Gasteiger partial charge in [0.1, 0.15) is 18.5 Å². The maximum Gasteiger partial charge on any atom is 0.187 e. The topological polar surface area (TPSA) is 71.5 Å². The van der Waals surface area contributed by atoms with Crippen LogP contribution in [0.2, 0.25) is 5.02 Å². The standard InChI is InChI=1S/C22H24ClN3O3/c23-18-3-1-17(2-4-18)9-10-22(15-26-12-11-25-16-26)28-14-21(29-22)13-27-20-7-5-19(24)6-8-20/h1-8,11-12,16,21H,9-10,13-15,24H2. The van der Waals surface area contributed by atoms with E-state index in [9.17, 15) is 0 Å². The van der Waals surface area contributed by atoms with Crippen molar-refractivity contribution >= 4 is 17.3 Å². The van der Waals surface area contributed by atoms with Crippen LogP contribution in [0.15, 0.2) is 67.3 Å². The van der Waals surface area contributed by atoms with Gasteiger partial charge < -0.3 is 24.5 Å². The minimum atomic E-state index is -0.727. The first-order valence-electron chi connectivity index (χ1n) is 9.61. The molecule has 2 unspecified atom stereocenters. The van der Waals surface area contributed by atoms with Crippen molar-refractivity contribution in [3.63, 3.8) is 0 Å². The highest BCUT2D eigenvalue weighted by atomic mass is 35.5. The van der Waals surface area contributed by atoms with Gasteiger partial charge in [-0.15, -0.1) is 0 Å². The molecule has 0 bridgehead atoms. The number of hydrogen-bond acceptors (Lipinski definition) is 5. The van der Waals surface area contributed by atoms with Crippen molar-refractivity contribution in [3.05, 3.63) is 77.8 Å². The second-order valence-corrected chi connectivity index (χ2v) is 7.64. The number of nitrogens with zero attached hydrogens (tertiary/aromatic N) is 2. The highest BCUT2D eigenvalue weighted by molar-refractivity contribution is 6.30. The number of benzene rings is 2. The lowest BCUT2D eigenvalue weighted by Gasteiger charge is -2.28. The van der Waals surface area contributed by atoms with Crippen molar-refractivity contribution in [1.29, 1.82) is 0 Å². The zero-order chi connectivity index (χ0) is 20.1. The molecule has 3 aromatic rings. The van der Waals surface area contributed by atoms with Crippen LogP contribution in [0.3, 0.4) is 0 Å². The van der Waals surface area contributed by atoms with E-state index in [1.54, 1.807) is 12.5 Å². The normalized spacial score (nSPS) is 21.3. The first kappa shape index (κ1) is 19.8. The average molecular weight is 414 g/mol. The van der Waals surface area contributed by atoms with Crippen LogP contribution in [0.5, 0.6) is 5.75 Å². The third-order valence-corrected chi connectivity index (χ3v) is 5.17. The van der Waals surface area contributed by atoms with E-state index >= 15 is 0 Å². The number of hydrogen-bond donors (Lipinski definition) is 1. The summed E-state index contributed by atoms with van der Waals surface area (Å²) >= 11 is 5.99. The summed E-state index contributed by atoms with van der Waals surface area (Å²) < 4.78 is 20.4. The number of aryl methyl sites for hydroxylation is 1. The van der Waals surface area contributed by atoms with Crippen LogP contribution < -0.4 is 10.5 Å². The Morgan fingerprint density at radius 3 is 2.69 bits per heavy atom. The van der Waals surface area contributed by atoms with Crippen LogP contribution in [0, 0.1) is 0 Å². The summed E-state index contributed by atoms with van der Waals surface area (Å²) in [6.07, 6.45) is 6.82. The van der Waals surface area contributed by atoms with Crippen molar-refractivity contribution in [2.75, 3.05) is 18.9 Å². The highest BCUT2D eigenvalue weighted by Crippen LogP contribution is 2.31. The van der Waals surface area contributed by atoms with E-state index < -0.39 is 5.79 Å². The van der Waals surface area contributed by atoms with E-state index in [-0.39, 0.29) is 6.10 Å². The van der Waals surface area contributed by atoms with Crippen molar-refractivity contribution < 1.29 is 14.2 Å². The van der Waals surface area contributed by atoms with Gasteiger partial charge >= 0.3 is 0 Å². The molecule has 1 aliphatic rings. The molecule has 2 atom stereocenters. The molecule has 0 radical (unpaired) electrons. The highest BCUT2D eigenvalue weighted by Gasteiger charge is 2.42. The molecule has 1 saturated heterocycles. The summed E-state index contributed by atoms with van der Waals surface area (Å²) in [7, 11) is 0. The zero-order valence-corrected chi connectivity index (χ0v) is 16.8. The van der Waals surface area contributed by atoms with E-state index in [1.165, 1.54) is 5.56 Å².